The van der Waals surface area contributed by atoms with Crippen molar-refractivity contribution >= 4 is 27.5 Å². The van der Waals surface area contributed by atoms with Crippen molar-refractivity contribution in [2.45, 2.75) is 19.1 Å². The third-order valence-corrected chi connectivity index (χ3v) is 6.65. The zero-order chi connectivity index (χ0) is 19.7. The zero-order valence-electron chi connectivity index (χ0n) is 15.2. The molecule has 6 nitrogen and oxygen atoms in total. The molecular weight excluding hydrogens is 366 g/mol. The van der Waals surface area contributed by atoms with Gasteiger partial charge >= 0.3 is 5.97 Å². The SMILES string of the molecule is COC(=O)C1(C)CCN(S(=O)(=O)Cc2ccccc2)c2ccccc2C1=O. The predicted octanol–water partition coefficient (Wildman–Crippen LogP) is 2.79. The molecule has 142 valence electrons. The van der Waals surface area contributed by atoms with E-state index in [1.165, 1.54) is 18.3 Å². The van der Waals surface area contributed by atoms with Gasteiger partial charge in [-0.05, 0) is 31.0 Å². The van der Waals surface area contributed by atoms with Crippen LogP contribution in [0.15, 0.2) is 54.6 Å². The van der Waals surface area contributed by atoms with Gasteiger partial charge in [-0.1, -0.05) is 42.5 Å². The summed E-state index contributed by atoms with van der Waals surface area (Å²) in [6.07, 6.45) is 0.0429. The number of sulfonamides is 1. The van der Waals surface area contributed by atoms with Crippen molar-refractivity contribution in [2.24, 2.45) is 5.41 Å². The number of ether oxygens (including phenoxy) is 1. The molecule has 0 saturated carbocycles. The first-order chi connectivity index (χ1) is 12.8. The van der Waals surface area contributed by atoms with Crippen LogP contribution in [-0.4, -0.2) is 33.8 Å². The number of fused-ring (bicyclic) bond motifs is 1. The minimum atomic E-state index is -3.75. The molecule has 27 heavy (non-hydrogen) atoms. The van der Waals surface area contributed by atoms with Gasteiger partial charge in [-0.15, -0.1) is 0 Å². The molecule has 3 rings (SSSR count). The second-order valence-electron chi connectivity index (χ2n) is 6.73. The molecule has 1 aliphatic heterocycles. The Morgan fingerprint density at radius 3 is 2.41 bits per heavy atom. The maximum Gasteiger partial charge on any atom is 0.319 e. The number of para-hydroxylation sites is 1. The number of methoxy groups -OCH3 is 1. The van der Waals surface area contributed by atoms with Gasteiger partial charge in [0, 0.05) is 12.1 Å². The fourth-order valence-electron chi connectivity index (χ4n) is 3.31. The van der Waals surface area contributed by atoms with E-state index in [0.29, 0.717) is 11.3 Å². The van der Waals surface area contributed by atoms with Crippen molar-refractivity contribution in [3.8, 4) is 0 Å². The van der Waals surface area contributed by atoms with Crippen LogP contribution in [0.3, 0.4) is 0 Å². The average Bonchev–Trinajstić information content (AvgIpc) is 2.78. The Morgan fingerprint density at radius 2 is 1.74 bits per heavy atom. The highest BCUT2D eigenvalue weighted by atomic mass is 32.2. The second kappa shape index (κ2) is 7.15. The number of hydrogen-bond donors (Lipinski definition) is 0. The van der Waals surface area contributed by atoms with E-state index < -0.39 is 27.2 Å². The third-order valence-electron chi connectivity index (χ3n) is 4.90. The lowest BCUT2D eigenvalue weighted by Crippen LogP contribution is -2.39. The monoisotopic (exact) mass is 387 g/mol. The Balaban J connectivity index is 2.07. The van der Waals surface area contributed by atoms with Crippen molar-refractivity contribution in [3.63, 3.8) is 0 Å². The number of esters is 1. The summed E-state index contributed by atoms with van der Waals surface area (Å²) in [6.45, 7) is 1.52. The topological polar surface area (TPSA) is 80.8 Å². The van der Waals surface area contributed by atoms with Gasteiger partial charge in [0.2, 0.25) is 10.0 Å². The molecule has 0 aromatic heterocycles. The maximum atomic E-state index is 13.1. The lowest BCUT2D eigenvalue weighted by Gasteiger charge is -2.25. The molecule has 2 aromatic rings. The highest BCUT2D eigenvalue weighted by Crippen LogP contribution is 2.38. The molecule has 0 fully saturated rings. The van der Waals surface area contributed by atoms with Gasteiger partial charge in [-0.3, -0.25) is 13.9 Å². The first-order valence-electron chi connectivity index (χ1n) is 8.56. The van der Waals surface area contributed by atoms with Gasteiger partial charge in [0.05, 0.1) is 18.6 Å². The Bertz CT molecular complexity index is 971. The normalized spacial score (nSPS) is 19.9. The van der Waals surface area contributed by atoms with E-state index in [4.69, 9.17) is 4.74 Å². The average molecular weight is 387 g/mol. The van der Waals surface area contributed by atoms with Gasteiger partial charge < -0.3 is 4.74 Å². The van der Waals surface area contributed by atoms with Crippen LogP contribution in [0.1, 0.15) is 29.3 Å². The molecule has 0 spiro atoms. The number of anilines is 1. The zero-order valence-corrected chi connectivity index (χ0v) is 16.0. The third kappa shape index (κ3) is 3.47. The van der Waals surface area contributed by atoms with Crippen LogP contribution < -0.4 is 4.31 Å². The fourth-order valence-corrected chi connectivity index (χ4v) is 4.91. The molecule has 2 aromatic carbocycles. The molecule has 1 atom stereocenters. The smallest absolute Gasteiger partial charge is 0.319 e. The summed E-state index contributed by atoms with van der Waals surface area (Å²) in [5.41, 5.74) is -0.270. The minimum absolute atomic E-state index is 0.0174. The molecule has 1 unspecified atom stereocenters. The first kappa shape index (κ1) is 19.1. The number of ketones is 1. The number of Topliss-reactive ketones (excluding diaryl/α,β-unsaturated/α-hetero) is 1. The number of rotatable bonds is 4. The van der Waals surface area contributed by atoms with E-state index in [-0.39, 0.29) is 24.3 Å². The van der Waals surface area contributed by atoms with Crippen molar-refractivity contribution in [2.75, 3.05) is 18.0 Å². The fraction of sp³-hybridized carbons (Fsp3) is 0.300. The number of carbonyl (C=O) groups is 2. The Morgan fingerprint density at radius 1 is 1.11 bits per heavy atom. The standard InChI is InChI=1S/C20H21NO5S/c1-20(19(23)26-2)12-13-21(17-11-7-6-10-16(17)18(20)22)27(24,25)14-15-8-4-3-5-9-15/h3-11H,12-14H2,1-2H3. The van der Waals surface area contributed by atoms with Crippen molar-refractivity contribution in [3.05, 3.63) is 65.7 Å². The van der Waals surface area contributed by atoms with Crippen LogP contribution >= 0.6 is 0 Å². The second-order valence-corrected chi connectivity index (χ2v) is 8.63. The number of carbonyl (C=O) groups excluding carboxylic acids is 2. The Labute approximate surface area is 158 Å². The van der Waals surface area contributed by atoms with Crippen LogP contribution in [0.2, 0.25) is 0 Å². The summed E-state index contributed by atoms with van der Waals surface area (Å²) in [7, 11) is -2.53. The summed E-state index contributed by atoms with van der Waals surface area (Å²) in [6, 6.07) is 15.3. The molecule has 1 heterocycles. The van der Waals surface area contributed by atoms with E-state index in [1.807, 2.05) is 6.07 Å². The van der Waals surface area contributed by atoms with E-state index >= 15 is 0 Å². The summed E-state index contributed by atoms with van der Waals surface area (Å²) in [4.78, 5) is 25.4. The highest BCUT2D eigenvalue weighted by molar-refractivity contribution is 7.92. The summed E-state index contributed by atoms with van der Waals surface area (Å²) in [5.74, 6) is -1.28. The van der Waals surface area contributed by atoms with E-state index in [0.717, 1.165) is 0 Å². The molecule has 7 heteroatoms. The lowest BCUT2D eigenvalue weighted by molar-refractivity contribution is -0.149. The molecule has 0 bridgehead atoms. The molecule has 1 aliphatic rings. The minimum Gasteiger partial charge on any atom is -0.468 e. The van der Waals surface area contributed by atoms with Crippen LogP contribution in [0.5, 0.6) is 0 Å². The first-order valence-corrected chi connectivity index (χ1v) is 10.2. The molecule has 0 saturated heterocycles. The molecular formula is C20H21NO5S. The van der Waals surface area contributed by atoms with Crippen molar-refractivity contribution < 1.29 is 22.7 Å². The largest absolute Gasteiger partial charge is 0.468 e. The van der Waals surface area contributed by atoms with Gasteiger partial charge in [-0.25, -0.2) is 8.42 Å². The summed E-state index contributed by atoms with van der Waals surface area (Å²) >= 11 is 0. The lowest BCUT2D eigenvalue weighted by atomic mass is 9.80. The maximum absolute atomic E-state index is 13.1. The van der Waals surface area contributed by atoms with E-state index in [9.17, 15) is 18.0 Å². The number of hydrogen-bond acceptors (Lipinski definition) is 5. The van der Waals surface area contributed by atoms with E-state index in [2.05, 4.69) is 0 Å². The molecule has 0 radical (unpaired) electrons. The molecule has 0 aliphatic carbocycles. The highest BCUT2D eigenvalue weighted by Gasteiger charge is 2.47. The van der Waals surface area contributed by atoms with Crippen molar-refractivity contribution in [1.82, 2.24) is 0 Å². The van der Waals surface area contributed by atoms with Gasteiger partial charge in [0.1, 0.15) is 5.41 Å². The van der Waals surface area contributed by atoms with Crippen LogP contribution in [-0.2, 0) is 25.3 Å². The van der Waals surface area contributed by atoms with Gasteiger partial charge in [-0.2, -0.15) is 0 Å². The van der Waals surface area contributed by atoms with Gasteiger partial charge in [0.15, 0.2) is 5.78 Å². The molecule has 0 amide bonds. The predicted molar refractivity (Wildman–Crippen MR) is 102 cm³/mol. The Kier molecular flexibility index (Phi) is 5.06. The van der Waals surface area contributed by atoms with Gasteiger partial charge in [0.25, 0.3) is 0 Å². The van der Waals surface area contributed by atoms with Crippen molar-refractivity contribution in [1.29, 1.82) is 0 Å². The van der Waals surface area contributed by atoms with E-state index in [1.54, 1.807) is 48.5 Å². The molecule has 0 N–H and O–H groups in total. The summed E-state index contributed by atoms with van der Waals surface area (Å²) < 4.78 is 32.3. The Hall–Kier alpha value is -2.67. The van der Waals surface area contributed by atoms with Crippen LogP contribution in [0, 0.1) is 5.41 Å². The summed E-state index contributed by atoms with van der Waals surface area (Å²) in [5, 5.41) is 0. The quantitative estimate of drug-likeness (QED) is 0.595. The van der Waals surface area contributed by atoms with Crippen LogP contribution in [0.4, 0.5) is 5.69 Å². The number of nitrogens with zero attached hydrogens (tertiary/aromatic N) is 1. The number of benzene rings is 2. The van der Waals surface area contributed by atoms with Crippen LogP contribution in [0.25, 0.3) is 0 Å².